The molecule has 1 unspecified atom stereocenters. The van der Waals surface area contributed by atoms with Gasteiger partial charge in [0, 0.05) is 16.9 Å². The molecule has 3 N–H and O–H groups in total. The molecule has 0 bridgehead atoms. The van der Waals surface area contributed by atoms with Gasteiger partial charge in [0.15, 0.2) is 15.2 Å². The standard InChI is InChI=1S/C27H29N6O9PS4/c1-3-41-43(39,42-4-2)10-9-40-32-19(17-13-45-26(29-17)28-14-34)22(35)31-20-23(36)33-21(25(37)38)15(11-44-24(20)33)12-46-27-30-16-7-5-6-8-18(16)47-27/h5-8,13-14,20,24H,3-4,9-12H2,1-2H3,(H,31,35)(H,37,38)(H,28,29,34)/b32-19-/t20?,24-/m0/s1. The Labute approximate surface area is 285 Å². The Morgan fingerprint density at radius 2 is 2.00 bits per heavy atom. The minimum absolute atomic E-state index is 0.0508. The fraction of sp³-hybridized carbons (Fsp3) is 0.370. The van der Waals surface area contributed by atoms with Gasteiger partial charge in [0.25, 0.3) is 11.8 Å². The number of carboxylic acids is 1. The molecule has 0 spiro atoms. The molecular formula is C27H29N6O9PS4. The van der Waals surface area contributed by atoms with E-state index in [9.17, 15) is 28.8 Å². The van der Waals surface area contributed by atoms with Gasteiger partial charge in [-0.15, -0.1) is 34.4 Å². The number of β-lactam (4-membered cyclic amide) rings is 1. The molecule has 1 fully saturated rings. The van der Waals surface area contributed by atoms with E-state index in [4.69, 9.17) is 13.9 Å². The van der Waals surface area contributed by atoms with Crippen LogP contribution in [0.2, 0.25) is 0 Å². The molecule has 3 amide bonds. The lowest BCUT2D eigenvalue weighted by Gasteiger charge is -2.49. The number of benzene rings is 1. The van der Waals surface area contributed by atoms with Crippen LogP contribution in [0.5, 0.6) is 0 Å². The van der Waals surface area contributed by atoms with Crippen molar-refractivity contribution in [3.8, 4) is 0 Å². The van der Waals surface area contributed by atoms with Crippen molar-refractivity contribution in [1.82, 2.24) is 20.2 Å². The minimum atomic E-state index is -3.44. The van der Waals surface area contributed by atoms with Crippen molar-refractivity contribution < 1.29 is 42.7 Å². The molecule has 0 saturated carbocycles. The molecule has 1 saturated heterocycles. The van der Waals surface area contributed by atoms with E-state index in [0.29, 0.717) is 23.5 Å². The number of hydrogen-bond donors (Lipinski definition) is 3. The summed E-state index contributed by atoms with van der Waals surface area (Å²) in [6.45, 7) is 3.44. The van der Waals surface area contributed by atoms with Crippen LogP contribution in [0.25, 0.3) is 10.2 Å². The number of carbonyl (C=O) groups is 4. The molecule has 1 aromatic carbocycles. The maximum absolute atomic E-state index is 13.5. The van der Waals surface area contributed by atoms with Gasteiger partial charge in [-0.05, 0) is 31.6 Å². The summed E-state index contributed by atoms with van der Waals surface area (Å²) in [4.78, 5) is 65.3. The second kappa shape index (κ2) is 15.7. The largest absolute Gasteiger partial charge is 0.477 e. The van der Waals surface area contributed by atoms with Crippen LogP contribution in [0.4, 0.5) is 5.13 Å². The third-order valence-electron chi connectivity index (χ3n) is 6.59. The molecule has 2 aliphatic rings. The van der Waals surface area contributed by atoms with Gasteiger partial charge in [-0.1, -0.05) is 29.1 Å². The molecule has 20 heteroatoms. The quantitative estimate of drug-likeness (QED) is 0.0344. The zero-order chi connectivity index (χ0) is 33.6. The number of aromatic nitrogens is 2. The van der Waals surface area contributed by atoms with Crippen molar-refractivity contribution >= 4 is 99.0 Å². The van der Waals surface area contributed by atoms with Gasteiger partial charge in [-0.3, -0.25) is 23.8 Å². The molecule has 5 rings (SSSR count). The molecule has 250 valence electrons. The first kappa shape index (κ1) is 35.0. The van der Waals surface area contributed by atoms with Crippen LogP contribution in [-0.2, 0) is 37.6 Å². The van der Waals surface area contributed by atoms with E-state index < -0.39 is 36.8 Å². The average molecular weight is 741 g/mol. The van der Waals surface area contributed by atoms with Crippen molar-refractivity contribution in [3.63, 3.8) is 0 Å². The van der Waals surface area contributed by atoms with Gasteiger partial charge in [0.05, 0.1) is 29.6 Å². The summed E-state index contributed by atoms with van der Waals surface area (Å²) in [5.74, 6) is -1.99. The van der Waals surface area contributed by atoms with Crippen LogP contribution in [0.1, 0.15) is 19.5 Å². The normalized spacial score (nSPS) is 18.1. The van der Waals surface area contributed by atoms with Gasteiger partial charge in [0.1, 0.15) is 29.4 Å². The molecule has 15 nitrogen and oxygen atoms in total. The maximum atomic E-state index is 13.5. The number of aliphatic carboxylic acids is 1. The smallest absolute Gasteiger partial charge is 0.352 e. The Hall–Kier alpha value is -3.32. The molecule has 0 aliphatic carbocycles. The van der Waals surface area contributed by atoms with E-state index in [1.807, 2.05) is 24.3 Å². The molecule has 4 heterocycles. The second-order valence-corrected chi connectivity index (χ2v) is 16.0. The highest BCUT2D eigenvalue weighted by atomic mass is 32.2. The number of nitrogens with zero attached hydrogens (tertiary/aromatic N) is 4. The minimum Gasteiger partial charge on any atom is -0.477 e. The summed E-state index contributed by atoms with van der Waals surface area (Å²) in [5, 5.41) is 20.0. The Morgan fingerprint density at radius 3 is 2.70 bits per heavy atom. The lowest BCUT2D eigenvalue weighted by molar-refractivity contribution is -0.150. The number of carboxylic acid groups (broad SMARTS) is 1. The van der Waals surface area contributed by atoms with Gasteiger partial charge in [0.2, 0.25) is 6.41 Å². The lowest BCUT2D eigenvalue weighted by Crippen LogP contribution is -2.71. The van der Waals surface area contributed by atoms with Crippen molar-refractivity contribution in [2.45, 2.75) is 29.6 Å². The van der Waals surface area contributed by atoms with Gasteiger partial charge >= 0.3 is 13.6 Å². The Morgan fingerprint density at radius 1 is 1.23 bits per heavy atom. The summed E-state index contributed by atoms with van der Waals surface area (Å²) in [6.07, 6.45) is 0.289. The van der Waals surface area contributed by atoms with Crippen LogP contribution < -0.4 is 10.6 Å². The van der Waals surface area contributed by atoms with Crippen molar-refractivity contribution in [3.05, 3.63) is 46.6 Å². The maximum Gasteiger partial charge on any atom is 0.352 e. The monoisotopic (exact) mass is 740 g/mol. The van der Waals surface area contributed by atoms with Crippen LogP contribution in [0.15, 0.2) is 50.4 Å². The number of thioether (sulfide) groups is 2. The molecule has 2 atom stereocenters. The number of fused-ring (bicyclic) bond motifs is 2. The van der Waals surface area contributed by atoms with E-state index >= 15 is 0 Å². The number of thiazole rings is 2. The van der Waals surface area contributed by atoms with E-state index in [0.717, 1.165) is 25.9 Å². The number of anilines is 1. The Kier molecular flexibility index (Phi) is 11.7. The summed E-state index contributed by atoms with van der Waals surface area (Å²) < 4.78 is 25.0. The zero-order valence-electron chi connectivity index (χ0n) is 24.9. The van der Waals surface area contributed by atoms with Crippen LogP contribution >= 0.6 is 53.8 Å². The number of oxime groups is 1. The van der Waals surface area contributed by atoms with E-state index in [2.05, 4.69) is 25.8 Å². The molecule has 0 radical (unpaired) electrons. The predicted molar refractivity (Wildman–Crippen MR) is 180 cm³/mol. The number of nitrogens with one attached hydrogen (secondary N) is 2. The van der Waals surface area contributed by atoms with Gasteiger partial charge < -0.3 is 29.6 Å². The lowest BCUT2D eigenvalue weighted by atomic mass is 10.0. The third kappa shape index (κ3) is 8.05. The fourth-order valence-corrected chi connectivity index (χ4v) is 10.2. The number of carbonyl (C=O) groups excluding carboxylic acids is 3. The summed E-state index contributed by atoms with van der Waals surface area (Å²) in [5.41, 5.74) is 1.07. The topological polar surface area (TPSA) is 199 Å². The van der Waals surface area contributed by atoms with Crippen molar-refractivity contribution in [2.24, 2.45) is 5.16 Å². The van der Waals surface area contributed by atoms with E-state index in [1.165, 1.54) is 45.1 Å². The first-order valence-corrected chi connectivity index (χ1v) is 19.6. The average Bonchev–Trinajstić information content (AvgIpc) is 3.69. The first-order chi connectivity index (χ1) is 22.7. The van der Waals surface area contributed by atoms with E-state index in [-0.39, 0.29) is 48.2 Å². The summed E-state index contributed by atoms with van der Waals surface area (Å²) in [6, 6.07) is 6.65. The molecule has 3 aromatic rings. The summed E-state index contributed by atoms with van der Waals surface area (Å²) in [7, 11) is -3.44. The van der Waals surface area contributed by atoms with Crippen LogP contribution in [0, 0.1) is 0 Å². The number of rotatable bonds is 17. The molecule has 2 aliphatic heterocycles. The van der Waals surface area contributed by atoms with E-state index in [1.54, 1.807) is 13.8 Å². The van der Waals surface area contributed by atoms with Crippen molar-refractivity contribution in [2.75, 3.05) is 42.8 Å². The van der Waals surface area contributed by atoms with Crippen molar-refractivity contribution in [1.29, 1.82) is 0 Å². The number of para-hydroxylation sites is 1. The fourth-order valence-electron chi connectivity index (χ4n) is 4.59. The van der Waals surface area contributed by atoms with Gasteiger partial charge in [-0.2, -0.15) is 0 Å². The summed E-state index contributed by atoms with van der Waals surface area (Å²) >= 11 is 5.28. The highest BCUT2D eigenvalue weighted by Gasteiger charge is 2.54. The number of amides is 3. The Bertz CT molecular complexity index is 1740. The Balaban J connectivity index is 1.28. The highest BCUT2D eigenvalue weighted by Crippen LogP contribution is 2.47. The molecule has 2 aromatic heterocycles. The zero-order valence-corrected chi connectivity index (χ0v) is 29.1. The van der Waals surface area contributed by atoms with Crippen LogP contribution in [0.3, 0.4) is 0 Å². The first-order valence-electron chi connectivity index (χ1n) is 14.1. The molecule has 47 heavy (non-hydrogen) atoms. The van der Waals surface area contributed by atoms with Gasteiger partial charge in [-0.25, -0.2) is 14.8 Å². The predicted octanol–water partition coefficient (Wildman–Crippen LogP) is 3.84. The van der Waals surface area contributed by atoms with Crippen LogP contribution in [-0.4, -0.2) is 98.8 Å². The molecular weight excluding hydrogens is 712 g/mol. The highest BCUT2D eigenvalue weighted by molar-refractivity contribution is 8.02. The number of hydrogen-bond acceptors (Lipinski definition) is 15. The second-order valence-electron chi connectivity index (χ2n) is 9.60. The third-order valence-corrected chi connectivity index (χ3v) is 13.0. The SMILES string of the molecule is CCOP(=O)(CCO/N=C(\C(=O)NC1C(=O)N2C(C(=O)O)=C(CSc3nc4ccccc4s3)CS[C@@H]12)c1csc(NC=O)n1)OCC.